The van der Waals surface area contributed by atoms with Crippen LogP contribution in [-0.4, -0.2) is 28.5 Å². The topological polar surface area (TPSA) is 62.6 Å². The fourth-order valence-corrected chi connectivity index (χ4v) is 4.88. The standard InChI is InChI=1S/C27H31FN6O/c1-15(2)18-9-17(10-23-24(18)33(8)26(35)32(23)7)34-22-12-20(28)19(16-13-29-31(6)14-16)11-21(22)30-25(34)27(3,4)5/h9-15H,1-8H3. The van der Waals surface area contributed by atoms with Crippen LogP contribution in [0, 0.1) is 5.82 Å². The van der Waals surface area contributed by atoms with Gasteiger partial charge in [0.2, 0.25) is 0 Å². The maximum Gasteiger partial charge on any atom is 0.328 e. The predicted octanol–water partition coefficient (Wildman–Crippen LogP) is 5.18. The maximum absolute atomic E-state index is 15.5. The molecule has 0 aliphatic carbocycles. The Morgan fingerprint density at radius 3 is 2.29 bits per heavy atom. The minimum atomic E-state index is -0.329. The first-order valence-electron chi connectivity index (χ1n) is 11.8. The van der Waals surface area contributed by atoms with Gasteiger partial charge in [0.25, 0.3) is 0 Å². The SMILES string of the molecule is CC(C)c1cc(-n2c(C(C)(C)C)nc3cc(-c4cnn(C)c4)c(F)cc32)cc2c1n(C)c(=O)n2C. The Bertz CT molecular complexity index is 1670. The Labute approximate surface area is 203 Å². The van der Waals surface area contributed by atoms with Gasteiger partial charge >= 0.3 is 5.69 Å². The third-order valence-electron chi connectivity index (χ3n) is 6.68. The van der Waals surface area contributed by atoms with Crippen molar-refractivity contribution in [3.63, 3.8) is 0 Å². The average Bonchev–Trinajstić information content (AvgIpc) is 3.44. The highest BCUT2D eigenvalue weighted by atomic mass is 19.1. The average molecular weight is 475 g/mol. The molecule has 8 heteroatoms. The highest BCUT2D eigenvalue weighted by Gasteiger charge is 2.26. The van der Waals surface area contributed by atoms with E-state index in [1.807, 2.05) is 17.7 Å². The number of imidazole rings is 2. The Kier molecular flexibility index (Phi) is 5.05. The summed E-state index contributed by atoms with van der Waals surface area (Å²) in [5.74, 6) is 0.682. The summed E-state index contributed by atoms with van der Waals surface area (Å²) >= 11 is 0. The van der Waals surface area contributed by atoms with Crippen LogP contribution in [0.3, 0.4) is 0 Å². The molecule has 5 aromatic rings. The minimum Gasteiger partial charge on any atom is -0.296 e. The number of benzene rings is 2. The molecule has 0 aliphatic heterocycles. The molecule has 0 saturated carbocycles. The zero-order chi connectivity index (χ0) is 25.4. The Morgan fingerprint density at radius 2 is 1.69 bits per heavy atom. The van der Waals surface area contributed by atoms with Crippen molar-refractivity contribution >= 4 is 22.1 Å². The highest BCUT2D eigenvalue weighted by molar-refractivity contribution is 5.87. The summed E-state index contributed by atoms with van der Waals surface area (Å²) in [6.45, 7) is 10.5. The van der Waals surface area contributed by atoms with Gasteiger partial charge in [-0.25, -0.2) is 14.2 Å². The first-order chi connectivity index (χ1) is 16.4. The van der Waals surface area contributed by atoms with E-state index in [9.17, 15) is 4.79 Å². The monoisotopic (exact) mass is 474 g/mol. The molecular formula is C27H31FN6O. The van der Waals surface area contributed by atoms with Gasteiger partial charge in [0.1, 0.15) is 11.6 Å². The summed E-state index contributed by atoms with van der Waals surface area (Å²) in [5, 5.41) is 4.19. The molecule has 2 aromatic carbocycles. The van der Waals surface area contributed by atoms with Crippen molar-refractivity contribution in [2.45, 2.75) is 46.0 Å². The molecule has 0 aliphatic rings. The van der Waals surface area contributed by atoms with Crippen LogP contribution in [0.25, 0.3) is 38.9 Å². The smallest absolute Gasteiger partial charge is 0.296 e. The molecule has 3 heterocycles. The van der Waals surface area contributed by atoms with Crippen LogP contribution in [0.1, 0.15) is 51.9 Å². The molecule has 0 atom stereocenters. The van der Waals surface area contributed by atoms with Gasteiger partial charge < -0.3 is 0 Å². The van der Waals surface area contributed by atoms with E-state index in [0.29, 0.717) is 22.2 Å². The van der Waals surface area contributed by atoms with Crippen LogP contribution in [0.15, 0.2) is 41.5 Å². The van der Waals surface area contributed by atoms with Crippen molar-refractivity contribution in [2.24, 2.45) is 21.1 Å². The van der Waals surface area contributed by atoms with Crippen molar-refractivity contribution in [3.05, 3.63) is 64.3 Å². The highest BCUT2D eigenvalue weighted by Crippen LogP contribution is 2.36. The van der Waals surface area contributed by atoms with Gasteiger partial charge in [0.05, 0.1) is 28.3 Å². The van der Waals surface area contributed by atoms with Crippen LogP contribution >= 0.6 is 0 Å². The fourth-order valence-electron chi connectivity index (χ4n) is 4.88. The molecule has 0 unspecified atom stereocenters. The lowest BCUT2D eigenvalue weighted by molar-refractivity contribution is 0.539. The first-order valence-corrected chi connectivity index (χ1v) is 11.8. The largest absolute Gasteiger partial charge is 0.328 e. The molecule has 0 spiro atoms. The Balaban J connectivity index is 1.87. The van der Waals surface area contributed by atoms with Crippen LogP contribution in [0.5, 0.6) is 0 Å². The van der Waals surface area contributed by atoms with Gasteiger partial charge in [-0.1, -0.05) is 34.6 Å². The third kappa shape index (κ3) is 3.50. The summed E-state index contributed by atoms with van der Waals surface area (Å²) in [6, 6.07) is 7.47. The van der Waals surface area contributed by atoms with Crippen molar-refractivity contribution in [1.82, 2.24) is 28.5 Å². The second-order valence-electron chi connectivity index (χ2n) is 10.7. The third-order valence-corrected chi connectivity index (χ3v) is 6.68. The molecule has 7 nitrogen and oxygen atoms in total. The molecular weight excluding hydrogens is 443 g/mol. The number of rotatable bonds is 3. The van der Waals surface area contributed by atoms with E-state index in [2.05, 4.69) is 45.8 Å². The Hall–Kier alpha value is -3.68. The molecule has 0 radical (unpaired) electrons. The van der Waals surface area contributed by atoms with Crippen LogP contribution in [-0.2, 0) is 26.6 Å². The zero-order valence-corrected chi connectivity index (χ0v) is 21.5. The van der Waals surface area contributed by atoms with Gasteiger partial charge in [0.15, 0.2) is 0 Å². The lowest BCUT2D eigenvalue weighted by atomic mass is 9.95. The minimum absolute atomic E-state index is 0.0715. The molecule has 0 bridgehead atoms. The van der Waals surface area contributed by atoms with E-state index in [1.54, 1.807) is 52.4 Å². The first kappa shape index (κ1) is 23.1. The van der Waals surface area contributed by atoms with Gasteiger partial charge in [-0.2, -0.15) is 5.10 Å². The zero-order valence-electron chi connectivity index (χ0n) is 21.5. The number of aryl methyl sites for hydroxylation is 3. The second-order valence-corrected chi connectivity index (χ2v) is 10.7. The van der Waals surface area contributed by atoms with E-state index in [-0.39, 0.29) is 22.8 Å². The lowest BCUT2D eigenvalue weighted by Crippen LogP contribution is -2.19. The molecule has 5 rings (SSSR count). The van der Waals surface area contributed by atoms with Gasteiger partial charge in [-0.3, -0.25) is 18.4 Å². The number of halogens is 1. The van der Waals surface area contributed by atoms with Crippen LogP contribution in [0.2, 0.25) is 0 Å². The summed E-state index contributed by atoms with van der Waals surface area (Å²) in [7, 11) is 5.40. The maximum atomic E-state index is 15.5. The number of fused-ring (bicyclic) bond motifs is 2. The predicted molar refractivity (Wildman–Crippen MR) is 138 cm³/mol. The van der Waals surface area contributed by atoms with Gasteiger partial charge in [0, 0.05) is 55.6 Å². The van der Waals surface area contributed by atoms with Crippen LogP contribution < -0.4 is 5.69 Å². The Morgan fingerprint density at radius 1 is 0.971 bits per heavy atom. The molecule has 182 valence electrons. The fraction of sp³-hybridized carbons (Fsp3) is 0.370. The van der Waals surface area contributed by atoms with E-state index in [4.69, 9.17) is 4.98 Å². The molecule has 0 saturated heterocycles. The lowest BCUT2D eigenvalue weighted by Gasteiger charge is -2.21. The van der Waals surface area contributed by atoms with Crippen molar-refractivity contribution in [3.8, 4) is 16.8 Å². The van der Waals surface area contributed by atoms with E-state index < -0.39 is 0 Å². The number of aromatic nitrogens is 6. The van der Waals surface area contributed by atoms with E-state index in [1.165, 1.54) is 0 Å². The summed E-state index contributed by atoms with van der Waals surface area (Å²) < 4.78 is 22.5. The summed E-state index contributed by atoms with van der Waals surface area (Å²) in [6.07, 6.45) is 3.45. The normalized spacial score (nSPS) is 12.5. The number of hydrogen-bond acceptors (Lipinski definition) is 3. The van der Waals surface area contributed by atoms with E-state index in [0.717, 1.165) is 28.1 Å². The molecule has 0 N–H and O–H groups in total. The summed E-state index contributed by atoms with van der Waals surface area (Å²) in [4.78, 5) is 17.8. The van der Waals surface area contributed by atoms with Crippen molar-refractivity contribution in [2.75, 3.05) is 0 Å². The van der Waals surface area contributed by atoms with Crippen molar-refractivity contribution < 1.29 is 4.39 Å². The molecule has 3 aromatic heterocycles. The van der Waals surface area contributed by atoms with E-state index >= 15 is 4.39 Å². The van der Waals surface area contributed by atoms with Gasteiger partial charge in [-0.15, -0.1) is 0 Å². The van der Waals surface area contributed by atoms with Crippen molar-refractivity contribution in [1.29, 1.82) is 0 Å². The summed E-state index contributed by atoms with van der Waals surface area (Å²) in [5.41, 5.74) is 5.89. The van der Waals surface area contributed by atoms with Crippen LogP contribution in [0.4, 0.5) is 4.39 Å². The second kappa shape index (κ2) is 7.66. The molecule has 35 heavy (non-hydrogen) atoms. The quantitative estimate of drug-likeness (QED) is 0.362. The molecule has 0 amide bonds. The number of nitrogens with zero attached hydrogens (tertiary/aromatic N) is 6. The van der Waals surface area contributed by atoms with Gasteiger partial charge in [-0.05, 0) is 29.7 Å². The number of hydrogen-bond donors (Lipinski definition) is 0. The molecule has 0 fully saturated rings.